The number of nitrogens with one attached hydrogen (secondary N) is 3. The SMILES string of the molecule is Cc1ccc(CS(=O)(=O)Nc2ccc3c(=O)[nH][nH]c(=O)c3c2)cc1. The first kappa shape index (κ1) is 16.0. The highest BCUT2D eigenvalue weighted by Gasteiger charge is 2.13. The Bertz CT molecular complexity index is 1110. The first-order valence-electron chi connectivity index (χ1n) is 7.15. The van der Waals surface area contributed by atoms with Crippen molar-refractivity contribution >= 4 is 26.5 Å². The molecule has 7 nitrogen and oxygen atoms in total. The average molecular weight is 345 g/mol. The average Bonchev–Trinajstić information content (AvgIpc) is 2.53. The summed E-state index contributed by atoms with van der Waals surface area (Å²) in [6.45, 7) is 1.92. The molecule has 0 unspecified atom stereocenters. The van der Waals surface area contributed by atoms with Gasteiger partial charge < -0.3 is 0 Å². The monoisotopic (exact) mass is 345 g/mol. The minimum Gasteiger partial charge on any atom is -0.283 e. The van der Waals surface area contributed by atoms with E-state index in [1.54, 1.807) is 12.1 Å². The highest BCUT2D eigenvalue weighted by Crippen LogP contribution is 2.16. The number of fused-ring (bicyclic) bond motifs is 1. The van der Waals surface area contributed by atoms with Gasteiger partial charge in [0, 0.05) is 5.69 Å². The Morgan fingerprint density at radius 3 is 2.21 bits per heavy atom. The lowest BCUT2D eigenvalue weighted by Crippen LogP contribution is -2.20. The summed E-state index contributed by atoms with van der Waals surface area (Å²) < 4.78 is 27.0. The number of hydrogen-bond donors (Lipinski definition) is 3. The van der Waals surface area contributed by atoms with Crippen LogP contribution in [0.3, 0.4) is 0 Å². The van der Waals surface area contributed by atoms with Crippen LogP contribution in [0.25, 0.3) is 10.8 Å². The molecular formula is C16H15N3O4S. The van der Waals surface area contributed by atoms with Gasteiger partial charge in [-0.3, -0.25) is 24.5 Å². The van der Waals surface area contributed by atoms with Crippen molar-refractivity contribution in [2.24, 2.45) is 0 Å². The summed E-state index contributed by atoms with van der Waals surface area (Å²) in [5.74, 6) is -0.183. The van der Waals surface area contributed by atoms with Crippen LogP contribution in [0.4, 0.5) is 5.69 Å². The number of rotatable bonds is 4. The topological polar surface area (TPSA) is 112 Å². The Labute approximate surface area is 137 Å². The number of aromatic nitrogens is 2. The Kier molecular flexibility index (Phi) is 3.98. The summed E-state index contributed by atoms with van der Waals surface area (Å²) in [5.41, 5.74) is 0.986. The van der Waals surface area contributed by atoms with Crippen LogP contribution in [-0.4, -0.2) is 18.6 Å². The third-order valence-corrected chi connectivity index (χ3v) is 4.81. The molecule has 1 aromatic heterocycles. The van der Waals surface area contributed by atoms with Crippen molar-refractivity contribution in [1.29, 1.82) is 0 Å². The van der Waals surface area contributed by atoms with E-state index in [1.165, 1.54) is 18.2 Å². The summed E-state index contributed by atoms with van der Waals surface area (Å²) in [7, 11) is -3.64. The quantitative estimate of drug-likeness (QED) is 0.664. The molecule has 0 aliphatic rings. The van der Waals surface area contributed by atoms with Crippen molar-refractivity contribution in [3.05, 3.63) is 74.3 Å². The Hall–Kier alpha value is -2.87. The van der Waals surface area contributed by atoms with E-state index in [9.17, 15) is 18.0 Å². The molecule has 1 heterocycles. The van der Waals surface area contributed by atoms with Crippen molar-refractivity contribution in [1.82, 2.24) is 10.2 Å². The third kappa shape index (κ3) is 3.38. The lowest BCUT2D eigenvalue weighted by Gasteiger charge is -2.09. The molecule has 8 heteroatoms. The maximum Gasteiger partial charge on any atom is 0.270 e. The lowest BCUT2D eigenvalue weighted by atomic mass is 10.2. The van der Waals surface area contributed by atoms with Gasteiger partial charge in [0.25, 0.3) is 11.1 Å². The fourth-order valence-corrected chi connectivity index (χ4v) is 3.55. The standard InChI is InChI=1S/C16H15N3O4S/c1-10-2-4-11(5-3-10)9-24(22,23)19-12-6-7-13-14(8-12)16(21)18-17-15(13)20/h2-8,19H,9H2,1H3,(H,17,20)(H,18,21). The van der Waals surface area contributed by atoms with Gasteiger partial charge in [0.2, 0.25) is 10.0 Å². The fourth-order valence-electron chi connectivity index (χ4n) is 2.36. The molecule has 2 aromatic carbocycles. The molecule has 124 valence electrons. The third-order valence-electron chi connectivity index (χ3n) is 3.55. The van der Waals surface area contributed by atoms with Crippen molar-refractivity contribution in [2.45, 2.75) is 12.7 Å². The maximum absolute atomic E-state index is 12.3. The number of aryl methyl sites for hydroxylation is 1. The van der Waals surface area contributed by atoms with Crippen LogP contribution in [0.15, 0.2) is 52.1 Å². The Balaban J connectivity index is 1.91. The molecule has 0 atom stereocenters. The predicted octanol–water partition coefficient (Wildman–Crippen LogP) is 1.47. The van der Waals surface area contributed by atoms with Crippen molar-refractivity contribution in [3.8, 4) is 0 Å². The number of aromatic amines is 2. The molecule has 0 fully saturated rings. The van der Waals surface area contributed by atoms with Crippen molar-refractivity contribution in [3.63, 3.8) is 0 Å². The van der Waals surface area contributed by atoms with Gasteiger partial charge >= 0.3 is 0 Å². The van der Waals surface area contributed by atoms with Crippen molar-refractivity contribution < 1.29 is 8.42 Å². The number of H-pyrrole nitrogens is 2. The Morgan fingerprint density at radius 1 is 0.917 bits per heavy atom. The molecular weight excluding hydrogens is 330 g/mol. The van der Waals surface area contributed by atoms with E-state index in [0.29, 0.717) is 5.56 Å². The second-order valence-electron chi connectivity index (χ2n) is 5.52. The normalized spacial score (nSPS) is 11.5. The minimum atomic E-state index is -3.64. The first-order chi connectivity index (χ1) is 11.3. The van der Waals surface area contributed by atoms with E-state index in [-0.39, 0.29) is 22.2 Å². The van der Waals surface area contributed by atoms with Crippen LogP contribution in [0, 0.1) is 6.92 Å². The van der Waals surface area contributed by atoms with E-state index in [1.807, 2.05) is 19.1 Å². The molecule has 0 aliphatic carbocycles. The molecule has 0 saturated carbocycles. The molecule has 0 saturated heterocycles. The van der Waals surface area contributed by atoms with E-state index in [2.05, 4.69) is 14.9 Å². The summed E-state index contributed by atoms with van der Waals surface area (Å²) in [4.78, 5) is 23.4. The highest BCUT2D eigenvalue weighted by molar-refractivity contribution is 7.91. The first-order valence-corrected chi connectivity index (χ1v) is 8.80. The minimum absolute atomic E-state index is 0.120. The van der Waals surface area contributed by atoms with Crippen molar-refractivity contribution in [2.75, 3.05) is 4.72 Å². The molecule has 0 amide bonds. The van der Waals surface area contributed by atoms with Crippen LogP contribution in [0.1, 0.15) is 11.1 Å². The van der Waals surface area contributed by atoms with Crippen LogP contribution in [-0.2, 0) is 15.8 Å². The van der Waals surface area contributed by atoms with Crippen LogP contribution < -0.4 is 15.8 Å². The zero-order chi connectivity index (χ0) is 17.3. The molecule has 3 N–H and O–H groups in total. The van der Waals surface area contributed by atoms with Gasteiger partial charge in [-0.1, -0.05) is 29.8 Å². The molecule has 0 radical (unpaired) electrons. The second kappa shape index (κ2) is 5.97. The van der Waals surface area contributed by atoms with Gasteiger partial charge in [0.1, 0.15) is 0 Å². The van der Waals surface area contributed by atoms with E-state index >= 15 is 0 Å². The summed E-state index contributed by atoms with van der Waals surface area (Å²) >= 11 is 0. The maximum atomic E-state index is 12.3. The van der Waals surface area contributed by atoms with Crippen LogP contribution in [0.2, 0.25) is 0 Å². The van der Waals surface area contributed by atoms with Gasteiger partial charge in [-0.25, -0.2) is 8.42 Å². The number of hydrogen-bond acceptors (Lipinski definition) is 4. The van der Waals surface area contributed by atoms with E-state index in [4.69, 9.17) is 0 Å². The predicted molar refractivity (Wildman–Crippen MR) is 92.6 cm³/mol. The highest BCUT2D eigenvalue weighted by atomic mass is 32.2. The molecule has 0 spiro atoms. The summed E-state index contributed by atoms with van der Waals surface area (Å²) in [6, 6.07) is 11.4. The van der Waals surface area contributed by atoms with Gasteiger partial charge in [0.05, 0.1) is 16.5 Å². The molecule has 0 bridgehead atoms. The number of anilines is 1. The zero-order valence-electron chi connectivity index (χ0n) is 12.8. The van der Waals surface area contributed by atoms with Crippen LogP contribution >= 0.6 is 0 Å². The van der Waals surface area contributed by atoms with Crippen LogP contribution in [0.5, 0.6) is 0 Å². The van der Waals surface area contributed by atoms with Gasteiger partial charge in [-0.15, -0.1) is 0 Å². The van der Waals surface area contributed by atoms with E-state index < -0.39 is 21.1 Å². The summed E-state index contributed by atoms with van der Waals surface area (Å²) in [6.07, 6.45) is 0. The second-order valence-corrected chi connectivity index (χ2v) is 7.24. The van der Waals surface area contributed by atoms with Gasteiger partial charge in [-0.05, 0) is 30.7 Å². The molecule has 0 aliphatic heterocycles. The number of sulfonamides is 1. The smallest absolute Gasteiger partial charge is 0.270 e. The fraction of sp³-hybridized carbons (Fsp3) is 0.125. The molecule has 3 aromatic rings. The number of benzene rings is 2. The van der Waals surface area contributed by atoms with Gasteiger partial charge in [0.15, 0.2) is 0 Å². The molecule has 3 rings (SSSR count). The molecule has 24 heavy (non-hydrogen) atoms. The zero-order valence-corrected chi connectivity index (χ0v) is 13.6. The lowest BCUT2D eigenvalue weighted by molar-refractivity contribution is 0.600. The van der Waals surface area contributed by atoms with E-state index in [0.717, 1.165) is 5.56 Å². The summed E-state index contributed by atoms with van der Waals surface area (Å²) in [5, 5.41) is 4.74. The Morgan fingerprint density at radius 2 is 1.54 bits per heavy atom. The van der Waals surface area contributed by atoms with Gasteiger partial charge in [-0.2, -0.15) is 0 Å². The largest absolute Gasteiger partial charge is 0.283 e.